The summed E-state index contributed by atoms with van der Waals surface area (Å²) in [4.78, 5) is 6.99. The van der Waals surface area contributed by atoms with E-state index >= 15 is 0 Å². The molecule has 6 heteroatoms. The zero-order chi connectivity index (χ0) is 13.6. The van der Waals surface area contributed by atoms with E-state index in [1.54, 1.807) is 0 Å². The summed E-state index contributed by atoms with van der Waals surface area (Å²) in [6.07, 6.45) is 6.84. The lowest BCUT2D eigenvalue weighted by Gasteiger charge is -2.48. The van der Waals surface area contributed by atoms with Gasteiger partial charge in [-0.25, -0.2) is 0 Å². The van der Waals surface area contributed by atoms with Gasteiger partial charge in [-0.3, -0.25) is 9.89 Å². The SMILES string of the molecule is CN=C(NC)NCC1(N2CCSCC2)CCCCC1.I. The Kier molecular flexibility index (Phi) is 8.59. The Balaban J connectivity index is 0.00000200. The molecule has 0 aromatic rings. The van der Waals surface area contributed by atoms with Crippen molar-refractivity contribution in [1.29, 1.82) is 0 Å². The van der Waals surface area contributed by atoms with Crippen LogP contribution in [0.5, 0.6) is 0 Å². The molecule has 0 bridgehead atoms. The molecule has 0 radical (unpaired) electrons. The number of nitrogens with one attached hydrogen (secondary N) is 2. The van der Waals surface area contributed by atoms with Crippen LogP contribution < -0.4 is 10.6 Å². The van der Waals surface area contributed by atoms with Crippen LogP contribution in [0.25, 0.3) is 0 Å². The van der Waals surface area contributed by atoms with E-state index in [1.165, 1.54) is 56.7 Å². The van der Waals surface area contributed by atoms with Gasteiger partial charge in [0, 0.05) is 50.8 Å². The molecule has 0 spiro atoms. The lowest BCUT2D eigenvalue weighted by molar-refractivity contribution is 0.0626. The molecule has 1 aliphatic heterocycles. The Hall–Kier alpha value is 0.310. The van der Waals surface area contributed by atoms with E-state index in [2.05, 4.69) is 32.3 Å². The van der Waals surface area contributed by atoms with Gasteiger partial charge in [0.15, 0.2) is 5.96 Å². The van der Waals surface area contributed by atoms with E-state index in [1.807, 2.05) is 14.1 Å². The maximum atomic E-state index is 4.24. The highest BCUT2D eigenvalue weighted by Crippen LogP contribution is 2.34. The molecule has 1 saturated carbocycles. The maximum absolute atomic E-state index is 4.24. The van der Waals surface area contributed by atoms with Gasteiger partial charge in [0.05, 0.1) is 0 Å². The lowest BCUT2D eigenvalue weighted by atomic mass is 9.80. The van der Waals surface area contributed by atoms with Crippen LogP contribution in [-0.2, 0) is 0 Å². The second-order valence-corrected chi connectivity index (χ2v) is 6.78. The molecule has 2 rings (SSSR count). The van der Waals surface area contributed by atoms with Crippen molar-refractivity contribution in [3.05, 3.63) is 0 Å². The molecule has 0 aromatic heterocycles. The zero-order valence-electron chi connectivity index (χ0n) is 12.8. The molecule has 1 heterocycles. The fraction of sp³-hybridized carbons (Fsp3) is 0.929. The smallest absolute Gasteiger partial charge is 0.190 e. The van der Waals surface area contributed by atoms with Crippen molar-refractivity contribution < 1.29 is 0 Å². The lowest BCUT2D eigenvalue weighted by Crippen LogP contribution is -2.59. The van der Waals surface area contributed by atoms with Gasteiger partial charge in [-0.2, -0.15) is 11.8 Å². The van der Waals surface area contributed by atoms with Crippen molar-refractivity contribution in [2.24, 2.45) is 4.99 Å². The number of hydrogen-bond donors (Lipinski definition) is 2. The summed E-state index contributed by atoms with van der Waals surface area (Å²) in [6.45, 7) is 3.54. The van der Waals surface area contributed by atoms with E-state index in [4.69, 9.17) is 0 Å². The Morgan fingerprint density at radius 2 is 1.85 bits per heavy atom. The molecule has 0 amide bonds. The van der Waals surface area contributed by atoms with Gasteiger partial charge in [0.25, 0.3) is 0 Å². The van der Waals surface area contributed by atoms with Gasteiger partial charge >= 0.3 is 0 Å². The number of halogens is 1. The Labute approximate surface area is 144 Å². The first-order valence-electron chi connectivity index (χ1n) is 7.52. The number of hydrogen-bond acceptors (Lipinski definition) is 3. The Morgan fingerprint density at radius 1 is 1.20 bits per heavy atom. The van der Waals surface area contributed by atoms with Crippen molar-refractivity contribution >= 4 is 41.7 Å². The summed E-state index contributed by atoms with van der Waals surface area (Å²) in [5.41, 5.74) is 0.367. The number of rotatable bonds is 3. The molecule has 1 saturated heterocycles. The summed E-state index contributed by atoms with van der Waals surface area (Å²) < 4.78 is 0. The minimum Gasteiger partial charge on any atom is -0.359 e. The van der Waals surface area contributed by atoms with Crippen LogP contribution in [-0.4, -0.2) is 61.6 Å². The van der Waals surface area contributed by atoms with Gasteiger partial charge in [0.2, 0.25) is 0 Å². The normalized spacial score (nSPS) is 23.8. The third kappa shape index (κ3) is 4.66. The van der Waals surface area contributed by atoms with Gasteiger partial charge < -0.3 is 10.6 Å². The Bertz CT molecular complexity index is 300. The third-order valence-corrected chi connectivity index (χ3v) is 5.45. The van der Waals surface area contributed by atoms with Gasteiger partial charge in [0.1, 0.15) is 0 Å². The van der Waals surface area contributed by atoms with Crippen LogP contribution in [0.2, 0.25) is 0 Å². The third-order valence-electron chi connectivity index (χ3n) is 4.51. The van der Waals surface area contributed by atoms with E-state index in [-0.39, 0.29) is 24.0 Å². The van der Waals surface area contributed by atoms with E-state index < -0.39 is 0 Å². The summed E-state index contributed by atoms with van der Waals surface area (Å²) >= 11 is 2.10. The highest BCUT2D eigenvalue weighted by Gasteiger charge is 2.38. The maximum Gasteiger partial charge on any atom is 0.190 e. The topological polar surface area (TPSA) is 39.7 Å². The molecule has 118 valence electrons. The average Bonchev–Trinajstić information content (AvgIpc) is 2.50. The van der Waals surface area contributed by atoms with Crippen LogP contribution in [0.1, 0.15) is 32.1 Å². The van der Waals surface area contributed by atoms with Gasteiger partial charge in [-0.15, -0.1) is 24.0 Å². The number of guanidine groups is 1. The molecule has 2 fully saturated rings. The average molecular weight is 412 g/mol. The first-order valence-corrected chi connectivity index (χ1v) is 8.67. The van der Waals surface area contributed by atoms with Crippen LogP contribution in [0, 0.1) is 0 Å². The molecular formula is C14H29IN4S. The summed E-state index contributed by atoms with van der Waals surface area (Å²) in [5.74, 6) is 3.50. The van der Waals surface area contributed by atoms with Gasteiger partial charge in [-0.1, -0.05) is 19.3 Å². The van der Waals surface area contributed by atoms with Crippen molar-refractivity contribution in [2.75, 3.05) is 45.2 Å². The van der Waals surface area contributed by atoms with Crippen molar-refractivity contribution in [3.63, 3.8) is 0 Å². The summed E-state index contributed by atoms with van der Waals surface area (Å²) in [6, 6.07) is 0. The molecule has 2 N–H and O–H groups in total. The molecule has 1 aliphatic carbocycles. The van der Waals surface area contributed by atoms with Gasteiger partial charge in [-0.05, 0) is 12.8 Å². The van der Waals surface area contributed by atoms with Crippen LogP contribution in [0.4, 0.5) is 0 Å². The molecular weight excluding hydrogens is 383 g/mol. The zero-order valence-corrected chi connectivity index (χ0v) is 15.9. The molecule has 2 aliphatic rings. The minimum atomic E-state index is 0. The predicted molar refractivity (Wildman–Crippen MR) is 101 cm³/mol. The minimum absolute atomic E-state index is 0. The number of nitrogens with zero attached hydrogens (tertiary/aromatic N) is 2. The predicted octanol–water partition coefficient (Wildman–Crippen LogP) is 2.15. The van der Waals surface area contributed by atoms with Crippen LogP contribution >= 0.6 is 35.7 Å². The van der Waals surface area contributed by atoms with E-state index in [0.29, 0.717) is 5.54 Å². The second-order valence-electron chi connectivity index (χ2n) is 5.56. The molecule has 0 atom stereocenters. The highest BCUT2D eigenvalue weighted by atomic mass is 127. The largest absolute Gasteiger partial charge is 0.359 e. The molecule has 20 heavy (non-hydrogen) atoms. The van der Waals surface area contributed by atoms with E-state index in [0.717, 1.165) is 12.5 Å². The van der Waals surface area contributed by atoms with Crippen LogP contribution in [0.3, 0.4) is 0 Å². The fourth-order valence-electron chi connectivity index (χ4n) is 3.38. The highest BCUT2D eigenvalue weighted by molar-refractivity contribution is 14.0. The number of thioether (sulfide) groups is 1. The fourth-order valence-corrected chi connectivity index (χ4v) is 4.28. The van der Waals surface area contributed by atoms with E-state index in [9.17, 15) is 0 Å². The van der Waals surface area contributed by atoms with Crippen molar-refractivity contribution in [3.8, 4) is 0 Å². The Morgan fingerprint density at radius 3 is 2.40 bits per heavy atom. The first-order chi connectivity index (χ1) is 9.30. The number of aliphatic imine (C=N–C) groups is 1. The summed E-state index contributed by atoms with van der Waals surface area (Å²) in [7, 11) is 3.77. The first kappa shape index (κ1) is 18.4. The molecule has 0 aromatic carbocycles. The molecule has 0 unspecified atom stereocenters. The van der Waals surface area contributed by atoms with Crippen molar-refractivity contribution in [1.82, 2.24) is 15.5 Å². The second kappa shape index (κ2) is 9.35. The monoisotopic (exact) mass is 412 g/mol. The van der Waals surface area contributed by atoms with Crippen molar-refractivity contribution in [2.45, 2.75) is 37.6 Å². The molecule has 4 nitrogen and oxygen atoms in total. The van der Waals surface area contributed by atoms with Crippen LogP contribution in [0.15, 0.2) is 4.99 Å². The summed E-state index contributed by atoms with van der Waals surface area (Å²) in [5, 5.41) is 6.65. The quantitative estimate of drug-likeness (QED) is 0.424. The standard InChI is InChI=1S/C14H28N4S.HI/c1-15-13(16-2)17-12-14(6-4-3-5-7-14)18-8-10-19-11-9-18;/h3-12H2,1-2H3,(H2,15,16,17);1H.